The molecule has 32 heavy (non-hydrogen) atoms. The van der Waals surface area contributed by atoms with Crippen molar-refractivity contribution in [1.82, 2.24) is 14.5 Å². The average molecular weight is 476 g/mol. The number of rotatable bonds is 6. The van der Waals surface area contributed by atoms with Crippen LogP contribution in [0.5, 0.6) is 0 Å². The van der Waals surface area contributed by atoms with Crippen LogP contribution in [0.2, 0.25) is 5.02 Å². The van der Waals surface area contributed by atoms with Gasteiger partial charge in [0.25, 0.3) is 0 Å². The fourth-order valence-electron chi connectivity index (χ4n) is 4.88. The number of carbonyl (C=O) groups excluding carboxylic acids is 1. The van der Waals surface area contributed by atoms with Crippen molar-refractivity contribution in [2.45, 2.75) is 62.2 Å². The molecule has 2 fully saturated rings. The van der Waals surface area contributed by atoms with E-state index >= 15 is 0 Å². The van der Waals surface area contributed by atoms with Gasteiger partial charge in [0.15, 0.2) is 0 Å². The molecule has 4 rings (SSSR count). The summed E-state index contributed by atoms with van der Waals surface area (Å²) in [5, 5.41) is 4.13. The first-order chi connectivity index (χ1) is 15.3. The summed E-state index contributed by atoms with van der Waals surface area (Å²) < 4.78 is 27.8. The van der Waals surface area contributed by atoms with E-state index in [1.54, 1.807) is 24.3 Å². The topological polar surface area (TPSA) is 69.7 Å². The zero-order chi connectivity index (χ0) is 22.9. The van der Waals surface area contributed by atoms with E-state index in [-0.39, 0.29) is 22.9 Å². The molecule has 2 aromatic carbocycles. The maximum Gasteiger partial charge on any atom is 0.243 e. The summed E-state index contributed by atoms with van der Waals surface area (Å²) in [6.45, 7) is 4.87. The quantitative estimate of drug-likeness (QED) is 0.692. The van der Waals surface area contributed by atoms with Crippen LogP contribution in [0.25, 0.3) is 0 Å². The Morgan fingerprint density at radius 1 is 1.09 bits per heavy atom. The minimum atomic E-state index is -3.60. The molecule has 2 aromatic rings. The van der Waals surface area contributed by atoms with Crippen molar-refractivity contribution in [3.05, 3.63) is 65.2 Å². The van der Waals surface area contributed by atoms with E-state index in [4.69, 9.17) is 11.6 Å². The van der Waals surface area contributed by atoms with Gasteiger partial charge in [0.05, 0.1) is 16.6 Å². The van der Waals surface area contributed by atoms with Gasteiger partial charge >= 0.3 is 0 Å². The van der Waals surface area contributed by atoms with Gasteiger partial charge in [-0.05, 0) is 62.4 Å². The van der Waals surface area contributed by atoms with E-state index < -0.39 is 15.7 Å². The standard InChI is InChI=1S/C24H30ClN3O3S/c1-3-18(2)28-23(29)22(17-19-7-5-4-6-8-19)26-24(28)13-15-27(16-14-24)32(30,31)21-11-9-20(25)10-12-21/h4-12,18,22,26H,3,13-17H2,1-2H3/t18-,22-/m0/s1. The predicted octanol–water partition coefficient (Wildman–Crippen LogP) is 3.66. The molecule has 2 heterocycles. The summed E-state index contributed by atoms with van der Waals surface area (Å²) in [5.41, 5.74) is 0.597. The minimum Gasteiger partial charge on any atom is -0.320 e. The Balaban J connectivity index is 1.54. The molecule has 0 aliphatic carbocycles. The molecule has 1 spiro atoms. The molecule has 0 aromatic heterocycles. The molecule has 0 saturated carbocycles. The first kappa shape index (κ1) is 23.2. The smallest absolute Gasteiger partial charge is 0.243 e. The van der Waals surface area contributed by atoms with Gasteiger partial charge in [-0.25, -0.2) is 8.42 Å². The Morgan fingerprint density at radius 2 is 1.72 bits per heavy atom. The lowest BCUT2D eigenvalue weighted by atomic mass is 9.95. The highest BCUT2D eigenvalue weighted by atomic mass is 35.5. The van der Waals surface area contributed by atoms with Crippen molar-refractivity contribution >= 4 is 27.5 Å². The first-order valence-corrected chi connectivity index (χ1v) is 13.0. The molecule has 0 unspecified atom stereocenters. The van der Waals surface area contributed by atoms with E-state index in [9.17, 15) is 13.2 Å². The van der Waals surface area contributed by atoms with Crippen LogP contribution < -0.4 is 5.32 Å². The summed E-state index contributed by atoms with van der Waals surface area (Å²) in [6.07, 6.45) is 2.59. The Morgan fingerprint density at radius 3 is 2.31 bits per heavy atom. The van der Waals surface area contributed by atoms with Crippen LogP contribution in [0.3, 0.4) is 0 Å². The SMILES string of the molecule is CC[C@H](C)N1C(=O)[C@H](Cc2ccccc2)NC12CCN(S(=O)(=O)c1ccc(Cl)cc1)CC2. The molecule has 8 heteroatoms. The third-order valence-corrected chi connectivity index (χ3v) is 8.92. The number of nitrogens with one attached hydrogen (secondary N) is 1. The Bertz CT molecular complexity index is 1050. The van der Waals surface area contributed by atoms with Crippen LogP contribution in [0.4, 0.5) is 0 Å². The van der Waals surface area contributed by atoms with Crippen LogP contribution in [0.15, 0.2) is 59.5 Å². The molecule has 2 aliphatic heterocycles. The summed E-state index contributed by atoms with van der Waals surface area (Å²) in [7, 11) is -3.60. The van der Waals surface area contributed by atoms with Gasteiger partial charge in [-0.3, -0.25) is 10.1 Å². The lowest BCUT2D eigenvalue weighted by Gasteiger charge is -2.46. The number of hydrogen-bond acceptors (Lipinski definition) is 4. The number of carbonyl (C=O) groups is 1. The molecular weight excluding hydrogens is 446 g/mol. The summed E-state index contributed by atoms with van der Waals surface area (Å²) in [4.78, 5) is 15.7. The number of halogens is 1. The highest BCUT2D eigenvalue weighted by molar-refractivity contribution is 7.89. The zero-order valence-corrected chi connectivity index (χ0v) is 20.1. The molecule has 2 saturated heterocycles. The molecule has 2 aliphatic rings. The molecule has 0 bridgehead atoms. The van der Waals surface area contributed by atoms with E-state index in [0.717, 1.165) is 12.0 Å². The lowest BCUT2D eigenvalue weighted by molar-refractivity contribution is -0.136. The van der Waals surface area contributed by atoms with E-state index in [0.29, 0.717) is 37.4 Å². The summed E-state index contributed by atoms with van der Waals surface area (Å²) in [5.74, 6) is 0.109. The van der Waals surface area contributed by atoms with Gasteiger partial charge < -0.3 is 4.90 Å². The molecule has 6 nitrogen and oxygen atoms in total. The third kappa shape index (κ3) is 4.31. The maximum absolute atomic E-state index is 13.4. The van der Waals surface area contributed by atoms with Crippen LogP contribution in [-0.2, 0) is 21.2 Å². The zero-order valence-electron chi connectivity index (χ0n) is 18.5. The number of nitrogens with zero attached hydrogens (tertiary/aromatic N) is 2. The molecular formula is C24H30ClN3O3S. The van der Waals surface area contributed by atoms with Gasteiger partial charge in [-0.15, -0.1) is 0 Å². The second kappa shape index (κ2) is 9.14. The summed E-state index contributed by atoms with van der Waals surface area (Å²) >= 11 is 5.92. The molecule has 1 amide bonds. The average Bonchev–Trinajstić information content (AvgIpc) is 3.05. The van der Waals surface area contributed by atoms with Crippen LogP contribution in [0.1, 0.15) is 38.7 Å². The molecule has 172 valence electrons. The number of benzene rings is 2. The normalized spacial score (nSPS) is 22.4. The highest BCUT2D eigenvalue weighted by Gasteiger charge is 2.53. The number of piperidine rings is 1. The van der Waals surface area contributed by atoms with E-state index in [1.165, 1.54) is 4.31 Å². The number of amides is 1. The van der Waals surface area contributed by atoms with E-state index in [2.05, 4.69) is 19.2 Å². The molecule has 0 radical (unpaired) electrons. The van der Waals surface area contributed by atoms with Gasteiger partial charge in [0.2, 0.25) is 15.9 Å². The van der Waals surface area contributed by atoms with Crippen molar-refractivity contribution in [2.24, 2.45) is 0 Å². The minimum absolute atomic E-state index is 0.0789. The van der Waals surface area contributed by atoms with Gasteiger partial charge in [0.1, 0.15) is 0 Å². The van der Waals surface area contributed by atoms with Gasteiger partial charge in [-0.2, -0.15) is 4.31 Å². The fourth-order valence-corrected chi connectivity index (χ4v) is 6.45. The third-order valence-electron chi connectivity index (χ3n) is 6.75. The van der Waals surface area contributed by atoms with Crippen molar-refractivity contribution in [3.8, 4) is 0 Å². The Kier molecular flexibility index (Phi) is 6.63. The van der Waals surface area contributed by atoms with Crippen molar-refractivity contribution in [2.75, 3.05) is 13.1 Å². The van der Waals surface area contributed by atoms with Crippen molar-refractivity contribution in [3.63, 3.8) is 0 Å². The van der Waals surface area contributed by atoms with Crippen molar-refractivity contribution < 1.29 is 13.2 Å². The Labute approximate surface area is 195 Å². The highest BCUT2D eigenvalue weighted by Crippen LogP contribution is 2.37. The Hall–Kier alpha value is -1.93. The van der Waals surface area contributed by atoms with Crippen LogP contribution in [-0.4, -0.2) is 54.4 Å². The summed E-state index contributed by atoms with van der Waals surface area (Å²) in [6, 6.07) is 16.1. The largest absolute Gasteiger partial charge is 0.320 e. The molecule has 1 N–H and O–H groups in total. The van der Waals surface area contributed by atoms with Crippen molar-refractivity contribution in [1.29, 1.82) is 0 Å². The predicted molar refractivity (Wildman–Crippen MR) is 126 cm³/mol. The second-order valence-corrected chi connectivity index (χ2v) is 11.1. The number of sulfonamides is 1. The van der Waals surface area contributed by atoms with Gasteiger partial charge in [0, 0.05) is 24.2 Å². The molecule has 2 atom stereocenters. The second-order valence-electron chi connectivity index (χ2n) is 8.74. The fraction of sp³-hybridized carbons (Fsp3) is 0.458. The van der Waals surface area contributed by atoms with Crippen LogP contribution in [0, 0.1) is 0 Å². The van der Waals surface area contributed by atoms with E-state index in [1.807, 2.05) is 35.2 Å². The number of hydrogen-bond donors (Lipinski definition) is 1. The first-order valence-electron chi connectivity index (χ1n) is 11.2. The van der Waals surface area contributed by atoms with Crippen LogP contribution >= 0.6 is 11.6 Å². The van der Waals surface area contributed by atoms with Gasteiger partial charge in [-0.1, -0.05) is 48.9 Å². The monoisotopic (exact) mass is 475 g/mol. The lowest BCUT2D eigenvalue weighted by Crippen LogP contribution is -2.61. The maximum atomic E-state index is 13.4.